The number of hydrogen-bond acceptors (Lipinski definition) is 12. The average Bonchev–Trinajstić information content (AvgIpc) is 3.29. The van der Waals surface area contributed by atoms with Gasteiger partial charge in [0.05, 0.1) is 11.2 Å². The molecular weight excluding hydrogens is 853 g/mol. The Morgan fingerprint density at radius 1 is 0.727 bits per heavy atom. The summed E-state index contributed by atoms with van der Waals surface area (Å²) in [6.07, 6.45) is 7.94. The number of nitrogens with one attached hydrogen (secondary N) is 5. The number of fused-ring (bicyclic) bond motifs is 2. The number of anilines is 2. The second-order valence-electron chi connectivity index (χ2n) is 19.0. The summed E-state index contributed by atoms with van der Waals surface area (Å²) in [5.74, 6) is -1.06. The number of hydrogen-bond donors (Lipinski definition) is 9. The van der Waals surface area contributed by atoms with E-state index in [1.54, 1.807) is 9.80 Å². The lowest BCUT2D eigenvalue weighted by Crippen LogP contribution is -2.62. The number of nitrogens with zero attached hydrogens (tertiary/aromatic N) is 5. The van der Waals surface area contributed by atoms with Gasteiger partial charge >= 0.3 is 24.0 Å². The first-order valence-electron chi connectivity index (χ1n) is 23.5. The normalized spacial score (nSPS) is 22.3. The molecule has 0 spiro atoms. The standard InChI is InChI=1S/C46H66N10O10/c1-28(57)49-37(41(59)60)45(65)14-21-54(22-15-45)43(63)47-18-4-3-5-34-9-6-31-8-11-36(53-40(31)51-34)33-26-32-7-10-35(52-39(32)48-27-33)25-30-12-19-55(20-13-30)44(64)56-23-16-46(66,17-24-56)38(42(61)62)50-29(2)58/h6-7,9-10,30,33,36-38,65-66H,3-5,8,11-27H2,1-2H3,(H,47,63)(H,48,52)(H,49,57)(H,50,58)(H,51,53)(H,59,60)(H,61,62). The summed E-state index contributed by atoms with van der Waals surface area (Å²) in [6.45, 7) is 5.70. The summed E-state index contributed by atoms with van der Waals surface area (Å²) in [4.78, 5) is 87.8. The smallest absolute Gasteiger partial charge is 0.329 e. The number of carboxylic acid groups (broad SMARTS) is 2. The molecule has 7 heterocycles. The topological polar surface area (TPSA) is 279 Å². The maximum absolute atomic E-state index is 13.4. The molecule has 2 aromatic rings. The Bertz CT molecular complexity index is 2120. The second kappa shape index (κ2) is 20.8. The van der Waals surface area contributed by atoms with E-state index >= 15 is 0 Å². The quantitative estimate of drug-likeness (QED) is 0.122. The highest BCUT2D eigenvalue weighted by Gasteiger charge is 2.47. The maximum Gasteiger partial charge on any atom is 0.329 e. The number of pyridine rings is 2. The molecule has 5 aliphatic heterocycles. The van der Waals surface area contributed by atoms with Crippen molar-refractivity contribution in [3.8, 4) is 0 Å². The summed E-state index contributed by atoms with van der Waals surface area (Å²) in [6, 6.07) is 5.61. The Hall–Kier alpha value is -5.76. The molecule has 0 saturated carbocycles. The van der Waals surface area contributed by atoms with Gasteiger partial charge in [-0.2, -0.15) is 0 Å². The van der Waals surface area contributed by atoms with Crippen LogP contribution in [0.3, 0.4) is 0 Å². The number of aliphatic carboxylic acids is 2. The first kappa shape index (κ1) is 48.2. The molecule has 3 fully saturated rings. The number of aromatic nitrogens is 2. The zero-order chi connectivity index (χ0) is 47.2. The molecule has 4 unspecified atom stereocenters. The van der Waals surface area contributed by atoms with E-state index in [4.69, 9.17) is 9.97 Å². The predicted molar refractivity (Wildman–Crippen MR) is 242 cm³/mol. The molecule has 0 bridgehead atoms. The maximum atomic E-state index is 13.4. The number of likely N-dealkylation sites (tertiary alicyclic amines) is 3. The second-order valence-corrected chi connectivity index (χ2v) is 19.0. The average molecular weight is 919 g/mol. The molecular formula is C46H66N10O10. The fraction of sp³-hybridized carbons (Fsp3) is 0.652. The molecule has 0 aromatic carbocycles. The SMILES string of the molecule is CC(=O)NC(C(=O)O)C1(O)CCN(C(=O)NCCCCc2ccc3c(n2)NC(C2CNc4nc(CC5CCN(C(=O)N6CCC(O)(C(NC(C)=O)C(=O)O)CC6)CC5)ccc4C2)CC3)CC1. The molecule has 0 radical (unpaired) electrons. The minimum Gasteiger partial charge on any atom is -0.480 e. The van der Waals surface area contributed by atoms with Crippen molar-refractivity contribution in [3.05, 3.63) is 46.8 Å². The van der Waals surface area contributed by atoms with Gasteiger partial charge in [-0.05, 0) is 113 Å². The van der Waals surface area contributed by atoms with Crippen LogP contribution in [0, 0.1) is 11.8 Å². The molecule has 5 aliphatic rings. The number of urea groups is 2. The van der Waals surface area contributed by atoms with E-state index in [-0.39, 0.29) is 70.0 Å². The van der Waals surface area contributed by atoms with Crippen LogP contribution < -0.4 is 26.6 Å². The van der Waals surface area contributed by atoms with Crippen molar-refractivity contribution >= 4 is 47.5 Å². The summed E-state index contributed by atoms with van der Waals surface area (Å²) < 4.78 is 0. The first-order chi connectivity index (χ1) is 31.5. The lowest BCUT2D eigenvalue weighted by Gasteiger charge is -2.43. The van der Waals surface area contributed by atoms with Gasteiger partial charge in [0.15, 0.2) is 12.1 Å². The third kappa shape index (κ3) is 11.6. The molecule has 6 amide bonds. The Kier molecular flexibility index (Phi) is 15.2. The molecule has 66 heavy (non-hydrogen) atoms. The summed E-state index contributed by atoms with van der Waals surface area (Å²) >= 11 is 0. The van der Waals surface area contributed by atoms with Gasteiger partial charge < -0.3 is 61.7 Å². The number of carboxylic acids is 2. The zero-order valence-corrected chi connectivity index (χ0v) is 38.0. The number of carbonyl (C=O) groups is 6. The Balaban J connectivity index is 0.807. The number of unbranched alkanes of at least 4 members (excludes halogenated alkanes) is 1. The number of piperidine rings is 3. The van der Waals surface area contributed by atoms with Gasteiger partial charge in [0.1, 0.15) is 11.6 Å². The highest BCUT2D eigenvalue weighted by atomic mass is 16.4. The molecule has 360 valence electrons. The molecule has 0 aliphatic carbocycles. The van der Waals surface area contributed by atoms with E-state index in [9.17, 15) is 49.2 Å². The van der Waals surface area contributed by atoms with Crippen LogP contribution in [0.25, 0.3) is 0 Å². The molecule has 4 atom stereocenters. The first-order valence-corrected chi connectivity index (χ1v) is 23.5. The molecule has 7 rings (SSSR count). The van der Waals surface area contributed by atoms with Gasteiger partial charge in [-0.25, -0.2) is 29.1 Å². The van der Waals surface area contributed by atoms with E-state index in [0.717, 1.165) is 87.4 Å². The lowest BCUT2D eigenvalue weighted by molar-refractivity contribution is -0.153. The Morgan fingerprint density at radius 3 is 1.89 bits per heavy atom. The number of aliphatic hydroxyl groups is 2. The molecule has 3 saturated heterocycles. The minimum atomic E-state index is -1.63. The number of amides is 6. The molecule has 9 N–H and O–H groups in total. The Labute approximate surface area is 384 Å². The predicted octanol–water partition coefficient (Wildman–Crippen LogP) is 1.73. The van der Waals surface area contributed by atoms with Gasteiger partial charge in [-0.15, -0.1) is 0 Å². The largest absolute Gasteiger partial charge is 0.480 e. The van der Waals surface area contributed by atoms with E-state index < -0.39 is 47.0 Å². The van der Waals surface area contributed by atoms with Gasteiger partial charge in [-0.3, -0.25) is 9.59 Å². The van der Waals surface area contributed by atoms with Crippen LogP contribution in [0.15, 0.2) is 24.3 Å². The third-order valence-corrected chi connectivity index (χ3v) is 14.3. The van der Waals surface area contributed by atoms with E-state index in [1.807, 2.05) is 4.90 Å². The van der Waals surface area contributed by atoms with Crippen molar-refractivity contribution in [2.45, 2.75) is 127 Å². The van der Waals surface area contributed by atoms with Crippen LogP contribution in [-0.2, 0) is 44.9 Å². The monoisotopic (exact) mass is 918 g/mol. The van der Waals surface area contributed by atoms with Gasteiger partial charge in [-0.1, -0.05) is 12.1 Å². The van der Waals surface area contributed by atoms with E-state index in [1.165, 1.54) is 25.0 Å². The van der Waals surface area contributed by atoms with E-state index in [0.29, 0.717) is 31.5 Å². The highest BCUT2D eigenvalue weighted by molar-refractivity contribution is 5.84. The summed E-state index contributed by atoms with van der Waals surface area (Å²) in [5.41, 5.74) is 1.19. The van der Waals surface area contributed by atoms with Crippen molar-refractivity contribution in [1.82, 2.24) is 40.6 Å². The number of carbonyl (C=O) groups excluding carboxylic acids is 4. The van der Waals surface area contributed by atoms with Gasteiger partial charge in [0.25, 0.3) is 0 Å². The van der Waals surface area contributed by atoms with Crippen molar-refractivity contribution in [1.29, 1.82) is 0 Å². The van der Waals surface area contributed by atoms with Crippen molar-refractivity contribution in [2.75, 3.05) is 63.0 Å². The van der Waals surface area contributed by atoms with Crippen molar-refractivity contribution in [3.63, 3.8) is 0 Å². The molecule has 20 nitrogen and oxygen atoms in total. The molecule has 20 heteroatoms. The molecule has 2 aromatic heterocycles. The van der Waals surface area contributed by atoms with Gasteiger partial charge in [0, 0.05) is 89.6 Å². The summed E-state index contributed by atoms with van der Waals surface area (Å²) in [5, 5.41) is 56.0. The van der Waals surface area contributed by atoms with Crippen LogP contribution >= 0.6 is 0 Å². The highest BCUT2D eigenvalue weighted by Crippen LogP contribution is 2.34. The fourth-order valence-electron chi connectivity index (χ4n) is 10.3. The van der Waals surface area contributed by atoms with E-state index in [2.05, 4.69) is 50.8 Å². The minimum absolute atomic E-state index is 0.0398. The van der Waals surface area contributed by atoms with Crippen LogP contribution in [-0.4, -0.2) is 163 Å². The van der Waals surface area contributed by atoms with Crippen molar-refractivity contribution < 1.29 is 49.2 Å². The van der Waals surface area contributed by atoms with Crippen LogP contribution in [0.1, 0.15) is 94.1 Å². The van der Waals surface area contributed by atoms with Crippen LogP contribution in [0.4, 0.5) is 21.2 Å². The fourth-order valence-corrected chi connectivity index (χ4v) is 10.3. The van der Waals surface area contributed by atoms with Crippen LogP contribution in [0.2, 0.25) is 0 Å². The number of aryl methyl sites for hydroxylation is 2. The van der Waals surface area contributed by atoms with Gasteiger partial charge in [0.2, 0.25) is 11.8 Å². The third-order valence-electron chi connectivity index (χ3n) is 14.3. The zero-order valence-electron chi connectivity index (χ0n) is 38.0. The van der Waals surface area contributed by atoms with Crippen molar-refractivity contribution in [2.24, 2.45) is 11.8 Å². The number of rotatable bonds is 14. The Morgan fingerprint density at radius 2 is 1.29 bits per heavy atom. The van der Waals surface area contributed by atoms with Crippen LogP contribution in [0.5, 0.6) is 0 Å². The lowest BCUT2D eigenvalue weighted by atomic mass is 9.84. The summed E-state index contributed by atoms with van der Waals surface area (Å²) in [7, 11) is 0.